The summed E-state index contributed by atoms with van der Waals surface area (Å²) in [5.74, 6) is -8.60. The van der Waals surface area contributed by atoms with E-state index in [0.717, 1.165) is 0 Å². The van der Waals surface area contributed by atoms with Crippen molar-refractivity contribution < 1.29 is 48.3 Å². The number of hydrogen-bond acceptors (Lipinski definition) is 11. The summed E-state index contributed by atoms with van der Waals surface area (Å²) in [4.78, 5) is 111. The highest BCUT2D eigenvalue weighted by Crippen LogP contribution is 2.09. The number of thioether (sulfide) groups is 1. The van der Waals surface area contributed by atoms with Crippen molar-refractivity contribution in [2.45, 2.75) is 89.6 Å². The first-order chi connectivity index (χ1) is 21.8. The summed E-state index contributed by atoms with van der Waals surface area (Å²) in [6.07, 6.45) is 0.866. The van der Waals surface area contributed by atoms with Crippen LogP contribution in [0.5, 0.6) is 0 Å². The van der Waals surface area contributed by atoms with Gasteiger partial charge in [0.2, 0.25) is 47.3 Å². The van der Waals surface area contributed by atoms with Crippen LogP contribution in [0.4, 0.5) is 0 Å². The Morgan fingerprint density at radius 1 is 0.702 bits per heavy atom. The van der Waals surface area contributed by atoms with Crippen LogP contribution in [0.1, 0.15) is 53.4 Å². The lowest BCUT2D eigenvalue weighted by molar-refractivity contribution is -0.144. The predicted molar refractivity (Wildman–Crippen MR) is 170 cm³/mol. The van der Waals surface area contributed by atoms with E-state index in [1.807, 2.05) is 0 Å². The largest absolute Gasteiger partial charge is 0.480 e. The van der Waals surface area contributed by atoms with Crippen LogP contribution in [0.2, 0.25) is 0 Å². The van der Waals surface area contributed by atoms with Gasteiger partial charge >= 0.3 is 5.97 Å². The van der Waals surface area contributed by atoms with E-state index >= 15 is 0 Å². The molecule has 7 atom stereocenters. The van der Waals surface area contributed by atoms with Gasteiger partial charge in [0.05, 0.1) is 25.4 Å². The fourth-order valence-electron chi connectivity index (χ4n) is 3.78. The van der Waals surface area contributed by atoms with E-state index in [4.69, 9.17) is 17.2 Å². The first-order valence-electron chi connectivity index (χ1n) is 14.7. The first kappa shape index (κ1) is 42.5. The molecule has 8 amide bonds. The molecule has 0 rings (SSSR count). The van der Waals surface area contributed by atoms with Crippen molar-refractivity contribution in [3.8, 4) is 0 Å². The molecule has 0 aliphatic heterocycles. The second-order valence-electron chi connectivity index (χ2n) is 10.8. The fourth-order valence-corrected chi connectivity index (χ4v) is 4.26. The maximum atomic E-state index is 13.1. The Morgan fingerprint density at radius 3 is 1.64 bits per heavy atom. The van der Waals surface area contributed by atoms with E-state index in [1.54, 1.807) is 20.1 Å². The lowest BCUT2D eigenvalue weighted by Gasteiger charge is -2.26. The number of primary amides is 2. The fraction of sp³-hybridized carbons (Fsp3) is 0.667. The van der Waals surface area contributed by atoms with Crippen molar-refractivity contribution in [3.05, 3.63) is 0 Å². The van der Waals surface area contributed by atoms with Crippen molar-refractivity contribution >= 4 is 65.0 Å². The SMILES string of the molecule is CC[C@H](C)[C@H](NC(=O)[C@H](CC(N)=O)NC(=O)[C@H](C)NC(=O)[C@H](CC(N)=O)NC(=O)[C@H](CCSC)NC(=O)CNC(=O)[C@H](C)N)C(=O)O. The molecule has 0 aromatic rings. The molecule has 0 aliphatic rings. The standard InChI is InChI=1S/C27H47N9O10S/c1-6-12(2)21(27(45)46)36-26(44)17(10-19(30)38)34-23(41)14(4)32-25(43)16(9-18(29)37)35-24(42)15(7-8-47-5)33-20(39)11-31-22(40)13(3)28/h12-17,21H,6-11,28H2,1-5H3,(H2,29,37)(H2,30,38)(H,31,40)(H,32,43)(H,33,39)(H,34,41)(H,35,42)(H,36,44)(H,45,46)/t12-,13-,14-,15-,16-,17-,21-/m0/s1. The molecule has 20 heteroatoms. The molecule has 0 saturated heterocycles. The third-order valence-corrected chi connectivity index (χ3v) is 7.35. The van der Waals surface area contributed by atoms with Gasteiger partial charge < -0.3 is 54.2 Å². The Bertz CT molecular complexity index is 1170. The maximum absolute atomic E-state index is 13.1. The molecule has 0 heterocycles. The van der Waals surface area contributed by atoms with Crippen LogP contribution >= 0.6 is 11.8 Å². The molecule has 19 nitrogen and oxygen atoms in total. The molecule has 266 valence electrons. The van der Waals surface area contributed by atoms with Crippen molar-refractivity contribution in [2.24, 2.45) is 23.1 Å². The van der Waals surface area contributed by atoms with E-state index in [2.05, 4.69) is 31.9 Å². The molecule has 0 aliphatic carbocycles. The lowest BCUT2D eigenvalue weighted by atomic mass is 9.98. The molecular weight excluding hydrogens is 642 g/mol. The summed E-state index contributed by atoms with van der Waals surface area (Å²) in [6.45, 7) is 5.43. The Balaban J connectivity index is 5.71. The zero-order valence-corrected chi connectivity index (χ0v) is 27.9. The van der Waals surface area contributed by atoms with Gasteiger partial charge in [-0.3, -0.25) is 38.4 Å². The highest BCUT2D eigenvalue weighted by atomic mass is 32.2. The van der Waals surface area contributed by atoms with E-state index in [-0.39, 0.29) is 6.42 Å². The number of hydrogen-bond donors (Lipinski definition) is 10. The maximum Gasteiger partial charge on any atom is 0.326 e. The van der Waals surface area contributed by atoms with Gasteiger partial charge in [0.25, 0.3) is 0 Å². The number of carbonyl (C=O) groups excluding carboxylic acids is 8. The minimum atomic E-state index is -1.60. The van der Waals surface area contributed by atoms with Crippen molar-refractivity contribution in [1.82, 2.24) is 31.9 Å². The van der Waals surface area contributed by atoms with Crippen LogP contribution in [0.25, 0.3) is 0 Å². The Hall–Kier alpha value is -4.46. The van der Waals surface area contributed by atoms with Crippen LogP contribution in [-0.4, -0.2) is 113 Å². The molecule has 0 saturated carbocycles. The smallest absolute Gasteiger partial charge is 0.326 e. The van der Waals surface area contributed by atoms with Gasteiger partial charge in [0.1, 0.15) is 30.2 Å². The van der Waals surface area contributed by atoms with E-state index in [0.29, 0.717) is 12.2 Å². The number of nitrogens with one attached hydrogen (secondary N) is 6. The van der Waals surface area contributed by atoms with Crippen LogP contribution in [0.15, 0.2) is 0 Å². The Kier molecular flexibility index (Phi) is 19.3. The highest BCUT2D eigenvalue weighted by Gasteiger charge is 2.33. The van der Waals surface area contributed by atoms with Crippen molar-refractivity contribution in [1.29, 1.82) is 0 Å². The summed E-state index contributed by atoms with van der Waals surface area (Å²) in [5, 5.41) is 23.3. The molecule has 0 aromatic heterocycles. The minimum Gasteiger partial charge on any atom is -0.480 e. The minimum absolute atomic E-state index is 0.104. The Morgan fingerprint density at radius 2 is 1.19 bits per heavy atom. The normalized spacial score (nSPS) is 15.2. The Labute approximate surface area is 276 Å². The lowest BCUT2D eigenvalue weighted by Crippen LogP contribution is -2.59. The zero-order chi connectivity index (χ0) is 36.4. The van der Waals surface area contributed by atoms with Crippen LogP contribution in [0.3, 0.4) is 0 Å². The van der Waals surface area contributed by atoms with Gasteiger partial charge in [-0.1, -0.05) is 20.3 Å². The summed E-state index contributed by atoms with van der Waals surface area (Å²) >= 11 is 1.36. The van der Waals surface area contributed by atoms with E-state index in [9.17, 15) is 48.3 Å². The summed E-state index contributed by atoms with van der Waals surface area (Å²) < 4.78 is 0. The molecular formula is C27H47N9O10S. The second-order valence-corrected chi connectivity index (χ2v) is 11.8. The van der Waals surface area contributed by atoms with Gasteiger partial charge in [-0.15, -0.1) is 0 Å². The van der Waals surface area contributed by atoms with Crippen molar-refractivity contribution in [3.63, 3.8) is 0 Å². The van der Waals surface area contributed by atoms with Gasteiger partial charge in [-0.25, -0.2) is 4.79 Å². The summed E-state index contributed by atoms with van der Waals surface area (Å²) in [5.41, 5.74) is 15.9. The van der Waals surface area contributed by atoms with Gasteiger partial charge in [0, 0.05) is 0 Å². The predicted octanol–water partition coefficient (Wildman–Crippen LogP) is -4.47. The average molecular weight is 690 g/mol. The number of amides is 8. The number of carboxylic acids is 1. The average Bonchev–Trinajstić information content (AvgIpc) is 2.98. The monoisotopic (exact) mass is 689 g/mol. The number of carbonyl (C=O) groups is 9. The topological polar surface area (TPSA) is 324 Å². The highest BCUT2D eigenvalue weighted by molar-refractivity contribution is 7.98. The van der Waals surface area contributed by atoms with E-state index < -0.39 is 115 Å². The van der Waals surface area contributed by atoms with Crippen molar-refractivity contribution in [2.75, 3.05) is 18.6 Å². The molecule has 13 N–H and O–H groups in total. The van der Waals surface area contributed by atoms with Crippen LogP contribution < -0.4 is 49.1 Å². The molecule has 0 bridgehead atoms. The number of nitrogens with two attached hydrogens (primary N) is 3. The summed E-state index contributed by atoms with van der Waals surface area (Å²) in [7, 11) is 0. The third kappa shape index (κ3) is 16.6. The van der Waals surface area contributed by atoms with Gasteiger partial charge in [-0.05, 0) is 38.2 Å². The number of carboxylic acid groups (broad SMARTS) is 1. The second kappa shape index (κ2) is 21.4. The van der Waals surface area contributed by atoms with E-state index in [1.165, 1.54) is 25.6 Å². The quantitative estimate of drug-likeness (QED) is 0.0514. The molecule has 0 spiro atoms. The van der Waals surface area contributed by atoms with Crippen LogP contribution in [-0.2, 0) is 43.2 Å². The van der Waals surface area contributed by atoms with Gasteiger partial charge in [-0.2, -0.15) is 11.8 Å². The third-order valence-electron chi connectivity index (χ3n) is 6.70. The van der Waals surface area contributed by atoms with Crippen LogP contribution in [0, 0.1) is 5.92 Å². The molecule has 0 radical (unpaired) electrons. The van der Waals surface area contributed by atoms with Gasteiger partial charge in [0.15, 0.2) is 0 Å². The molecule has 47 heavy (non-hydrogen) atoms. The summed E-state index contributed by atoms with van der Waals surface area (Å²) in [6, 6.07) is -8.00. The molecule has 0 unspecified atom stereocenters. The zero-order valence-electron chi connectivity index (χ0n) is 27.0. The number of rotatable bonds is 22. The number of aliphatic carboxylic acids is 1. The molecule has 0 fully saturated rings. The first-order valence-corrected chi connectivity index (χ1v) is 16.1. The molecule has 0 aromatic carbocycles.